The molecule has 2 aliphatic rings. The minimum Gasteiger partial charge on any atom is -0.493 e. The summed E-state index contributed by atoms with van der Waals surface area (Å²) in [6, 6.07) is 12.5. The number of amides is 1. The van der Waals surface area contributed by atoms with Crippen LogP contribution in [-0.4, -0.2) is 79.4 Å². The summed E-state index contributed by atoms with van der Waals surface area (Å²) in [4.78, 5) is 15.9. The van der Waals surface area contributed by atoms with Gasteiger partial charge in [0.05, 0.1) is 19.3 Å². The van der Waals surface area contributed by atoms with Gasteiger partial charge in [-0.1, -0.05) is 24.3 Å². The first-order valence-electron chi connectivity index (χ1n) is 13.8. The molecule has 4 rings (SSSR count). The van der Waals surface area contributed by atoms with Crippen molar-refractivity contribution in [3.8, 4) is 22.6 Å². The van der Waals surface area contributed by atoms with Crippen molar-refractivity contribution in [2.45, 2.75) is 52.1 Å². The molecule has 2 aromatic rings. The minimum atomic E-state index is -0.197. The lowest BCUT2D eigenvalue weighted by Gasteiger charge is -2.18. The molecule has 0 aliphatic carbocycles. The van der Waals surface area contributed by atoms with E-state index in [1.165, 1.54) is 11.1 Å². The lowest BCUT2D eigenvalue weighted by atomic mass is 9.95. The van der Waals surface area contributed by atoms with Crippen molar-refractivity contribution in [2.24, 2.45) is 11.7 Å². The molecular formula is C30H43N3O4. The molecule has 0 radical (unpaired) electrons. The van der Waals surface area contributed by atoms with Crippen LogP contribution >= 0.6 is 0 Å². The highest BCUT2D eigenvalue weighted by molar-refractivity contribution is 5.74. The lowest BCUT2D eigenvalue weighted by Crippen LogP contribution is -2.24. The fourth-order valence-corrected chi connectivity index (χ4v) is 5.65. The zero-order chi connectivity index (χ0) is 26.2. The van der Waals surface area contributed by atoms with Crippen LogP contribution in [0.3, 0.4) is 0 Å². The van der Waals surface area contributed by atoms with Crippen LogP contribution in [0.1, 0.15) is 43.2 Å². The van der Waals surface area contributed by atoms with Gasteiger partial charge < -0.3 is 30.1 Å². The van der Waals surface area contributed by atoms with Crippen LogP contribution in [0.2, 0.25) is 0 Å². The Hall–Kier alpha value is -2.61. The maximum Gasteiger partial charge on any atom is 0.217 e. The molecule has 2 saturated heterocycles. The molecule has 0 unspecified atom stereocenters. The van der Waals surface area contributed by atoms with Gasteiger partial charge in [-0.05, 0) is 86.4 Å². The summed E-state index contributed by atoms with van der Waals surface area (Å²) >= 11 is 0. The summed E-state index contributed by atoms with van der Waals surface area (Å²) < 4.78 is 12.4. The van der Waals surface area contributed by atoms with Gasteiger partial charge in [0.25, 0.3) is 0 Å². The maximum absolute atomic E-state index is 11.2. The number of carbonyl (C=O) groups excluding carboxylic acids is 1. The molecule has 2 fully saturated rings. The van der Waals surface area contributed by atoms with Crippen molar-refractivity contribution < 1.29 is 19.4 Å². The number of β-amino-alcohol motifs (C(OH)–C–C–N with tert-alkyl or cyclic N) is 1. The van der Waals surface area contributed by atoms with Crippen LogP contribution < -0.4 is 15.2 Å². The van der Waals surface area contributed by atoms with Crippen molar-refractivity contribution in [1.82, 2.24) is 9.80 Å². The number of ether oxygens (including phenoxy) is 2. The summed E-state index contributed by atoms with van der Waals surface area (Å²) in [5, 5.41) is 9.69. The van der Waals surface area contributed by atoms with Crippen molar-refractivity contribution in [3.05, 3.63) is 47.5 Å². The van der Waals surface area contributed by atoms with Gasteiger partial charge in [-0.3, -0.25) is 4.79 Å². The highest BCUT2D eigenvalue weighted by atomic mass is 16.5. The molecule has 0 saturated carbocycles. The molecule has 3 N–H and O–H groups in total. The highest BCUT2D eigenvalue weighted by Crippen LogP contribution is 2.35. The third kappa shape index (κ3) is 7.69. The monoisotopic (exact) mass is 509 g/mol. The molecule has 202 valence electrons. The summed E-state index contributed by atoms with van der Waals surface area (Å²) in [5.74, 6) is 2.05. The molecule has 2 heterocycles. The van der Waals surface area contributed by atoms with E-state index >= 15 is 0 Å². The van der Waals surface area contributed by atoms with Crippen molar-refractivity contribution in [1.29, 1.82) is 0 Å². The molecule has 0 spiro atoms. The highest BCUT2D eigenvalue weighted by Gasteiger charge is 2.23. The fourth-order valence-electron chi connectivity index (χ4n) is 5.65. The first-order chi connectivity index (χ1) is 17.9. The molecule has 1 amide bonds. The second-order valence-corrected chi connectivity index (χ2v) is 10.6. The smallest absolute Gasteiger partial charge is 0.217 e. The molecule has 7 heteroatoms. The molecule has 7 nitrogen and oxygen atoms in total. The van der Waals surface area contributed by atoms with E-state index in [9.17, 15) is 9.90 Å². The molecule has 2 aliphatic heterocycles. The van der Waals surface area contributed by atoms with Gasteiger partial charge in [0.1, 0.15) is 11.5 Å². The van der Waals surface area contributed by atoms with Gasteiger partial charge in [-0.2, -0.15) is 0 Å². The Bertz CT molecular complexity index is 1040. The SMILES string of the molecule is Cc1c(OCCCN2CC[C@@H](O)C2)cccc1-c1cccc(OCCCN2CC[C@H](CC(N)=O)C2)c1C. The Labute approximate surface area is 221 Å². The van der Waals surface area contributed by atoms with E-state index in [4.69, 9.17) is 15.2 Å². The summed E-state index contributed by atoms with van der Waals surface area (Å²) in [6.07, 6.45) is 4.15. The molecule has 37 heavy (non-hydrogen) atoms. The number of rotatable bonds is 13. The number of hydrogen-bond acceptors (Lipinski definition) is 6. The normalized spacial score (nSPS) is 20.4. The van der Waals surface area contributed by atoms with Crippen LogP contribution in [0, 0.1) is 19.8 Å². The summed E-state index contributed by atoms with van der Waals surface area (Å²) in [6.45, 7) is 11.3. The Morgan fingerprint density at radius 1 is 0.892 bits per heavy atom. The number of aliphatic hydroxyl groups is 1. The zero-order valence-electron chi connectivity index (χ0n) is 22.5. The van der Waals surface area contributed by atoms with Crippen molar-refractivity contribution >= 4 is 5.91 Å². The summed E-state index contributed by atoms with van der Waals surface area (Å²) in [5.41, 5.74) is 9.96. The fraction of sp³-hybridized carbons (Fsp3) is 0.567. The Morgan fingerprint density at radius 3 is 1.95 bits per heavy atom. The number of likely N-dealkylation sites (tertiary alicyclic amines) is 2. The van der Waals surface area contributed by atoms with E-state index in [1.807, 2.05) is 12.1 Å². The third-order valence-corrected chi connectivity index (χ3v) is 7.72. The number of hydrogen-bond donors (Lipinski definition) is 2. The van der Waals surface area contributed by atoms with Gasteiger partial charge in [0, 0.05) is 39.1 Å². The van der Waals surface area contributed by atoms with E-state index in [-0.39, 0.29) is 12.0 Å². The van der Waals surface area contributed by atoms with Gasteiger partial charge in [-0.25, -0.2) is 0 Å². The lowest BCUT2D eigenvalue weighted by molar-refractivity contribution is -0.118. The maximum atomic E-state index is 11.2. The average Bonchev–Trinajstić information content (AvgIpc) is 3.49. The number of primary amides is 1. The predicted octanol–water partition coefficient (Wildman–Crippen LogP) is 3.77. The molecule has 0 aromatic heterocycles. The Kier molecular flexibility index (Phi) is 9.83. The van der Waals surface area contributed by atoms with E-state index in [2.05, 4.69) is 47.9 Å². The standard InChI is InChI=1S/C30H43N3O4/c1-22-26(7-3-9-28(22)36-17-5-13-32-15-11-24(20-32)19-30(31)35)27-8-4-10-29(23(27)2)37-18-6-14-33-16-12-25(34)21-33/h3-4,7-10,24-25,34H,5-6,11-21H2,1-2H3,(H2,31,35)/t24-,25-/m1/s1. The Morgan fingerprint density at radius 2 is 1.43 bits per heavy atom. The van der Waals surface area contributed by atoms with Crippen LogP contribution in [0.4, 0.5) is 0 Å². The zero-order valence-corrected chi connectivity index (χ0v) is 22.5. The van der Waals surface area contributed by atoms with Gasteiger partial charge >= 0.3 is 0 Å². The van der Waals surface area contributed by atoms with Gasteiger partial charge in [0.15, 0.2) is 0 Å². The second kappa shape index (κ2) is 13.3. The topological polar surface area (TPSA) is 88.3 Å². The van der Waals surface area contributed by atoms with E-state index in [0.29, 0.717) is 25.6 Å². The van der Waals surface area contributed by atoms with E-state index < -0.39 is 0 Å². The van der Waals surface area contributed by atoms with Crippen LogP contribution in [0.5, 0.6) is 11.5 Å². The largest absolute Gasteiger partial charge is 0.493 e. The Balaban J connectivity index is 1.28. The second-order valence-electron chi connectivity index (χ2n) is 10.6. The van der Waals surface area contributed by atoms with Crippen LogP contribution in [-0.2, 0) is 4.79 Å². The van der Waals surface area contributed by atoms with E-state index in [0.717, 1.165) is 87.6 Å². The molecular weight excluding hydrogens is 466 g/mol. The van der Waals surface area contributed by atoms with Gasteiger partial charge in [-0.15, -0.1) is 0 Å². The predicted molar refractivity (Wildman–Crippen MR) is 147 cm³/mol. The average molecular weight is 510 g/mol. The summed E-state index contributed by atoms with van der Waals surface area (Å²) in [7, 11) is 0. The number of benzene rings is 2. The quantitative estimate of drug-likeness (QED) is 0.400. The number of nitrogens with two attached hydrogens (primary N) is 1. The minimum absolute atomic E-state index is 0.171. The van der Waals surface area contributed by atoms with E-state index in [1.54, 1.807) is 0 Å². The molecule has 2 aromatic carbocycles. The van der Waals surface area contributed by atoms with Crippen molar-refractivity contribution in [2.75, 3.05) is 52.5 Å². The molecule has 2 atom stereocenters. The third-order valence-electron chi connectivity index (χ3n) is 7.72. The van der Waals surface area contributed by atoms with Gasteiger partial charge in [0.2, 0.25) is 5.91 Å². The number of aliphatic hydroxyl groups excluding tert-OH is 1. The number of carbonyl (C=O) groups is 1. The number of nitrogens with zero attached hydrogens (tertiary/aromatic N) is 2. The van der Waals surface area contributed by atoms with Crippen molar-refractivity contribution in [3.63, 3.8) is 0 Å². The van der Waals surface area contributed by atoms with Crippen LogP contribution in [0.25, 0.3) is 11.1 Å². The first kappa shape index (κ1) is 27.4. The molecule has 0 bridgehead atoms. The first-order valence-corrected chi connectivity index (χ1v) is 13.8. The van der Waals surface area contributed by atoms with Crippen LogP contribution in [0.15, 0.2) is 36.4 Å².